The van der Waals surface area contributed by atoms with Crippen LogP contribution in [0.4, 0.5) is 0 Å². The summed E-state index contributed by atoms with van der Waals surface area (Å²) >= 11 is 0. The zero-order valence-electron chi connectivity index (χ0n) is 15.5. The molecule has 26 heavy (non-hydrogen) atoms. The van der Waals surface area contributed by atoms with Gasteiger partial charge in [0.25, 0.3) is 0 Å². The second-order valence-electron chi connectivity index (χ2n) is 7.85. The van der Waals surface area contributed by atoms with Crippen molar-refractivity contribution in [3.05, 3.63) is 29.8 Å². The molecule has 1 aromatic rings. The average Bonchev–Trinajstić information content (AvgIpc) is 3.47. The summed E-state index contributed by atoms with van der Waals surface area (Å²) in [6, 6.07) is 8.60. The third kappa shape index (κ3) is 3.44. The Hall–Kier alpha value is -2.04. The zero-order chi connectivity index (χ0) is 18.1. The number of hydrogen-bond donors (Lipinski definition) is 0. The first kappa shape index (κ1) is 17.4. The highest BCUT2D eigenvalue weighted by Crippen LogP contribution is 2.36. The Bertz CT molecular complexity index is 668. The lowest BCUT2D eigenvalue weighted by atomic mass is 9.98. The second kappa shape index (κ2) is 7.29. The van der Waals surface area contributed by atoms with Gasteiger partial charge < -0.3 is 14.5 Å². The maximum Gasteiger partial charge on any atom is 0.228 e. The van der Waals surface area contributed by atoms with E-state index in [0.29, 0.717) is 19.0 Å². The Balaban J connectivity index is 1.52. The number of likely N-dealkylation sites (tertiary alicyclic amines) is 2. The maximum absolute atomic E-state index is 13.3. The van der Waals surface area contributed by atoms with E-state index in [0.717, 1.165) is 50.8 Å². The fourth-order valence-electron chi connectivity index (χ4n) is 4.42. The molecule has 5 nitrogen and oxygen atoms in total. The van der Waals surface area contributed by atoms with Gasteiger partial charge >= 0.3 is 0 Å². The molecule has 3 aliphatic rings. The molecule has 5 heteroatoms. The number of nitrogens with zero attached hydrogens (tertiary/aromatic N) is 2. The van der Waals surface area contributed by atoms with Crippen LogP contribution >= 0.6 is 0 Å². The number of hydrogen-bond acceptors (Lipinski definition) is 3. The van der Waals surface area contributed by atoms with Crippen molar-refractivity contribution in [3.8, 4) is 5.75 Å². The van der Waals surface area contributed by atoms with E-state index in [9.17, 15) is 9.59 Å². The van der Waals surface area contributed by atoms with Crippen LogP contribution in [0.2, 0.25) is 0 Å². The molecule has 2 saturated heterocycles. The summed E-state index contributed by atoms with van der Waals surface area (Å²) < 4.78 is 5.27. The van der Waals surface area contributed by atoms with Gasteiger partial charge in [0.2, 0.25) is 11.8 Å². The van der Waals surface area contributed by atoms with Crippen molar-refractivity contribution in [1.82, 2.24) is 9.80 Å². The first-order valence-electron chi connectivity index (χ1n) is 9.91. The van der Waals surface area contributed by atoms with E-state index >= 15 is 0 Å². The molecule has 0 N–H and O–H groups in total. The van der Waals surface area contributed by atoms with E-state index in [1.165, 1.54) is 5.56 Å². The van der Waals surface area contributed by atoms with Crippen molar-refractivity contribution in [2.75, 3.05) is 20.2 Å². The standard InChI is InChI=1S/C21H28N2O3/c1-26-18-10-6-15(7-11-18)19-5-3-2-4-12-22(19)21(25)16-13-20(24)23(14-16)17-8-9-17/h6-7,10-11,16-17,19H,2-5,8-9,12-14H2,1H3/t16-,19-/m1/s1. The van der Waals surface area contributed by atoms with Crippen LogP contribution < -0.4 is 4.74 Å². The smallest absolute Gasteiger partial charge is 0.228 e. The number of amides is 2. The third-order valence-electron chi connectivity index (χ3n) is 6.03. The lowest BCUT2D eigenvalue weighted by Crippen LogP contribution is -2.40. The molecule has 0 unspecified atom stereocenters. The number of ether oxygens (including phenoxy) is 1. The molecule has 1 aromatic carbocycles. The quantitative estimate of drug-likeness (QED) is 0.833. The van der Waals surface area contributed by atoms with E-state index in [1.807, 2.05) is 17.0 Å². The Kier molecular flexibility index (Phi) is 4.88. The van der Waals surface area contributed by atoms with Gasteiger partial charge in [0, 0.05) is 25.6 Å². The third-order valence-corrected chi connectivity index (χ3v) is 6.03. The first-order valence-corrected chi connectivity index (χ1v) is 9.91. The molecule has 140 valence electrons. The summed E-state index contributed by atoms with van der Waals surface area (Å²) in [5, 5.41) is 0. The van der Waals surface area contributed by atoms with Gasteiger partial charge in [0.1, 0.15) is 5.75 Å². The first-order chi connectivity index (χ1) is 12.7. The summed E-state index contributed by atoms with van der Waals surface area (Å²) in [6.07, 6.45) is 6.93. The lowest BCUT2D eigenvalue weighted by molar-refractivity contribution is -0.138. The Morgan fingerprint density at radius 3 is 2.54 bits per heavy atom. The van der Waals surface area contributed by atoms with E-state index in [4.69, 9.17) is 4.74 Å². The van der Waals surface area contributed by atoms with E-state index in [1.54, 1.807) is 7.11 Å². The molecule has 1 saturated carbocycles. The normalized spacial score (nSPS) is 26.7. The molecule has 0 aromatic heterocycles. The van der Waals surface area contributed by atoms with E-state index in [2.05, 4.69) is 17.0 Å². The number of carbonyl (C=O) groups is 2. The topological polar surface area (TPSA) is 49.9 Å². The molecule has 4 rings (SSSR count). The van der Waals surface area contributed by atoms with Crippen molar-refractivity contribution in [2.24, 2.45) is 5.92 Å². The summed E-state index contributed by atoms with van der Waals surface area (Å²) in [4.78, 5) is 29.6. The molecule has 2 aliphatic heterocycles. The van der Waals surface area contributed by atoms with Gasteiger partial charge in [-0.25, -0.2) is 0 Å². The van der Waals surface area contributed by atoms with E-state index in [-0.39, 0.29) is 23.8 Å². The fraction of sp³-hybridized carbons (Fsp3) is 0.619. The highest BCUT2D eigenvalue weighted by atomic mass is 16.5. The van der Waals surface area contributed by atoms with Gasteiger partial charge in [-0.3, -0.25) is 9.59 Å². The number of carbonyl (C=O) groups excluding carboxylic acids is 2. The van der Waals surface area contributed by atoms with Crippen molar-refractivity contribution >= 4 is 11.8 Å². The minimum Gasteiger partial charge on any atom is -0.497 e. The minimum atomic E-state index is -0.165. The Morgan fingerprint density at radius 1 is 1.08 bits per heavy atom. The molecule has 0 bridgehead atoms. The second-order valence-corrected chi connectivity index (χ2v) is 7.85. The molecule has 3 fully saturated rings. The van der Waals surface area contributed by atoms with Gasteiger partial charge in [-0.05, 0) is 43.4 Å². The van der Waals surface area contributed by atoms with Gasteiger partial charge in [-0.15, -0.1) is 0 Å². The summed E-state index contributed by atoms with van der Waals surface area (Å²) in [5.74, 6) is 1.01. The highest BCUT2D eigenvalue weighted by Gasteiger charge is 2.43. The summed E-state index contributed by atoms with van der Waals surface area (Å²) in [5.41, 5.74) is 1.17. The Labute approximate surface area is 155 Å². The zero-order valence-corrected chi connectivity index (χ0v) is 15.5. The summed E-state index contributed by atoms with van der Waals surface area (Å²) in [6.45, 7) is 1.41. The molecule has 0 radical (unpaired) electrons. The monoisotopic (exact) mass is 356 g/mol. The van der Waals surface area contributed by atoms with Gasteiger partial charge in [0.05, 0.1) is 19.1 Å². The number of rotatable bonds is 4. The predicted octanol–water partition coefficient (Wildman–Crippen LogP) is 3.15. The van der Waals surface area contributed by atoms with Gasteiger partial charge in [-0.2, -0.15) is 0 Å². The number of methoxy groups -OCH3 is 1. The summed E-state index contributed by atoms with van der Waals surface area (Å²) in [7, 11) is 1.67. The van der Waals surface area contributed by atoms with Crippen LogP contribution in [0.1, 0.15) is 56.6 Å². The Morgan fingerprint density at radius 2 is 1.85 bits per heavy atom. The highest BCUT2D eigenvalue weighted by molar-refractivity contribution is 5.89. The van der Waals surface area contributed by atoms with Crippen molar-refractivity contribution < 1.29 is 14.3 Å². The predicted molar refractivity (Wildman–Crippen MR) is 98.8 cm³/mol. The van der Waals surface area contributed by atoms with Crippen LogP contribution in [0.3, 0.4) is 0 Å². The van der Waals surface area contributed by atoms with E-state index < -0.39 is 0 Å². The minimum absolute atomic E-state index is 0.112. The lowest BCUT2D eigenvalue weighted by Gasteiger charge is -2.32. The van der Waals surface area contributed by atoms with Crippen LogP contribution in [-0.2, 0) is 9.59 Å². The van der Waals surface area contributed by atoms with Crippen LogP contribution in [0.5, 0.6) is 5.75 Å². The molecular formula is C21H28N2O3. The van der Waals surface area contributed by atoms with Crippen LogP contribution in [-0.4, -0.2) is 47.9 Å². The van der Waals surface area contributed by atoms with Gasteiger partial charge in [-0.1, -0.05) is 25.0 Å². The van der Waals surface area contributed by atoms with Crippen LogP contribution in [0.15, 0.2) is 24.3 Å². The van der Waals surface area contributed by atoms with Crippen molar-refractivity contribution in [1.29, 1.82) is 0 Å². The molecule has 0 spiro atoms. The molecule has 2 heterocycles. The molecule has 2 amide bonds. The van der Waals surface area contributed by atoms with Gasteiger partial charge in [0.15, 0.2) is 0 Å². The van der Waals surface area contributed by atoms with Crippen LogP contribution in [0, 0.1) is 5.92 Å². The molecular weight excluding hydrogens is 328 g/mol. The van der Waals surface area contributed by atoms with Crippen LogP contribution in [0.25, 0.3) is 0 Å². The largest absolute Gasteiger partial charge is 0.497 e. The fourth-order valence-corrected chi connectivity index (χ4v) is 4.42. The SMILES string of the molecule is COc1ccc([C@H]2CCCCCN2C(=O)[C@@H]2CC(=O)N(C3CC3)C2)cc1. The molecule has 1 aliphatic carbocycles. The van der Waals surface area contributed by atoms with Crippen molar-refractivity contribution in [3.63, 3.8) is 0 Å². The molecule has 2 atom stereocenters. The number of benzene rings is 1. The van der Waals surface area contributed by atoms with Crippen molar-refractivity contribution in [2.45, 2.75) is 57.0 Å². The average molecular weight is 356 g/mol. The maximum atomic E-state index is 13.3.